The molecule has 0 aliphatic carbocycles. The first-order valence-corrected chi connectivity index (χ1v) is 10.9. The molecule has 1 fully saturated rings. The number of benzene rings is 2. The lowest BCUT2D eigenvalue weighted by molar-refractivity contribution is 0.102. The van der Waals surface area contributed by atoms with E-state index in [-0.39, 0.29) is 10.6 Å². The van der Waals surface area contributed by atoms with E-state index in [4.69, 9.17) is 10.00 Å². The molecule has 1 aliphatic rings. The van der Waals surface area contributed by atoms with Gasteiger partial charge < -0.3 is 10.1 Å². The Bertz CT molecular complexity index is 1040. The summed E-state index contributed by atoms with van der Waals surface area (Å²) in [6, 6.07) is 12.7. The molecule has 2 aromatic rings. The Balaban J connectivity index is 1.90. The maximum atomic E-state index is 13.1. The van der Waals surface area contributed by atoms with Crippen molar-refractivity contribution in [2.45, 2.75) is 30.6 Å². The molecule has 152 valence electrons. The summed E-state index contributed by atoms with van der Waals surface area (Å²) in [5, 5.41) is 11.7. The van der Waals surface area contributed by atoms with Crippen LogP contribution in [-0.2, 0) is 10.0 Å². The van der Waals surface area contributed by atoms with Crippen LogP contribution in [0.5, 0.6) is 5.75 Å². The molecule has 1 amide bonds. The van der Waals surface area contributed by atoms with Crippen molar-refractivity contribution >= 4 is 21.6 Å². The predicted molar refractivity (Wildman–Crippen MR) is 109 cm³/mol. The van der Waals surface area contributed by atoms with E-state index in [1.165, 1.54) is 35.7 Å². The van der Waals surface area contributed by atoms with Crippen LogP contribution in [0.3, 0.4) is 0 Å². The van der Waals surface area contributed by atoms with Crippen molar-refractivity contribution in [3.05, 3.63) is 53.6 Å². The van der Waals surface area contributed by atoms with Crippen molar-refractivity contribution in [3.8, 4) is 11.8 Å². The van der Waals surface area contributed by atoms with Crippen LogP contribution in [0.2, 0.25) is 0 Å². The number of rotatable bonds is 5. The van der Waals surface area contributed by atoms with E-state index in [2.05, 4.69) is 5.32 Å². The van der Waals surface area contributed by atoms with Gasteiger partial charge in [-0.05, 0) is 49.2 Å². The number of amides is 1. The van der Waals surface area contributed by atoms with Gasteiger partial charge in [0.25, 0.3) is 5.91 Å². The van der Waals surface area contributed by atoms with E-state index in [9.17, 15) is 13.2 Å². The van der Waals surface area contributed by atoms with E-state index in [1.54, 1.807) is 18.2 Å². The number of sulfonamides is 1. The van der Waals surface area contributed by atoms with Crippen molar-refractivity contribution in [2.24, 2.45) is 0 Å². The molecule has 8 heteroatoms. The van der Waals surface area contributed by atoms with Crippen LogP contribution in [0.25, 0.3) is 0 Å². The lowest BCUT2D eigenvalue weighted by Gasteiger charge is -2.21. The van der Waals surface area contributed by atoms with E-state index < -0.39 is 15.9 Å². The molecule has 2 aromatic carbocycles. The second-order valence-electron chi connectivity index (χ2n) is 6.83. The largest absolute Gasteiger partial charge is 0.495 e. The van der Waals surface area contributed by atoms with Gasteiger partial charge in [-0.15, -0.1) is 0 Å². The van der Waals surface area contributed by atoms with E-state index >= 15 is 0 Å². The summed E-state index contributed by atoms with van der Waals surface area (Å²) >= 11 is 0. The fourth-order valence-electron chi connectivity index (χ4n) is 3.30. The van der Waals surface area contributed by atoms with E-state index in [0.717, 1.165) is 25.7 Å². The molecule has 7 nitrogen and oxygen atoms in total. The van der Waals surface area contributed by atoms with Crippen LogP contribution in [0, 0.1) is 11.3 Å². The lowest BCUT2D eigenvalue weighted by atomic mass is 10.1. The van der Waals surface area contributed by atoms with Crippen LogP contribution in [0.15, 0.2) is 47.4 Å². The smallest absolute Gasteiger partial charge is 0.255 e. The van der Waals surface area contributed by atoms with Gasteiger partial charge in [0.05, 0.1) is 29.3 Å². The maximum absolute atomic E-state index is 13.1. The Kier molecular flexibility index (Phi) is 6.52. The topological polar surface area (TPSA) is 99.5 Å². The van der Waals surface area contributed by atoms with Gasteiger partial charge in [-0.2, -0.15) is 9.57 Å². The number of nitriles is 1. The second-order valence-corrected chi connectivity index (χ2v) is 8.77. The highest BCUT2D eigenvalue weighted by Gasteiger charge is 2.26. The number of anilines is 1. The molecule has 1 heterocycles. The number of hydrogen-bond donors (Lipinski definition) is 1. The molecular formula is C21H23N3O4S. The highest BCUT2D eigenvalue weighted by Crippen LogP contribution is 2.30. The van der Waals surface area contributed by atoms with Crippen molar-refractivity contribution in [1.29, 1.82) is 5.26 Å². The van der Waals surface area contributed by atoms with Gasteiger partial charge in [0.15, 0.2) is 0 Å². The summed E-state index contributed by atoms with van der Waals surface area (Å²) in [6.45, 7) is 0.994. The average Bonchev–Trinajstić information content (AvgIpc) is 3.04. The zero-order valence-electron chi connectivity index (χ0n) is 16.2. The zero-order chi connectivity index (χ0) is 20.9. The Morgan fingerprint density at radius 2 is 1.83 bits per heavy atom. The molecule has 0 saturated carbocycles. The molecule has 0 spiro atoms. The average molecular weight is 413 g/mol. The van der Waals surface area contributed by atoms with E-state index in [0.29, 0.717) is 30.0 Å². The number of nitrogens with zero attached hydrogens (tertiary/aromatic N) is 2. The summed E-state index contributed by atoms with van der Waals surface area (Å²) in [7, 11) is -2.21. The molecule has 1 saturated heterocycles. The second kappa shape index (κ2) is 9.07. The molecule has 0 radical (unpaired) electrons. The van der Waals surface area contributed by atoms with Crippen LogP contribution in [-0.4, -0.2) is 38.8 Å². The van der Waals surface area contributed by atoms with Crippen LogP contribution in [0.1, 0.15) is 41.6 Å². The predicted octanol–water partition coefficient (Wildman–Crippen LogP) is 3.38. The standard InChI is InChI=1S/C21H23N3O4S/c1-28-20-10-9-18(29(26,27)24-11-4-2-3-5-12-24)14-19(20)23-21(25)17-8-6-7-16(13-17)15-22/h6-10,13-14H,2-5,11-12H2,1H3,(H,23,25). The minimum Gasteiger partial charge on any atom is -0.495 e. The lowest BCUT2D eigenvalue weighted by Crippen LogP contribution is -2.32. The van der Waals surface area contributed by atoms with Crippen molar-refractivity contribution in [3.63, 3.8) is 0 Å². The quantitative estimate of drug-likeness (QED) is 0.810. The Hall–Kier alpha value is -2.89. The van der Waals surface area contributed by atoms with Gasteiger partial charge >= 0.3 is 0 Å². The number of ether oxygens (including phenoxy) is 1. The summed E-state index contributed by atoms with van der Waals surface area (Å²) < 4.78 is 32.9. The van der Waals surface area contributed by atoms with Crippen LogP contribution in [0.4, 0.5) is 5.69 Å². The first kappa shape index (κ1) is 20.8. The highest BCUT2D eigenvalue weighted by molar-refractivity contribution is 7.89. The molecule has 0 bridgehead atoms. The van der Waals surface area contributed by atoms with E-state index in [1.807, 2.05) is 6.07 Å². The number of carbonyl (C=O) groups is 1. The molecule has 3 rings (SSSR count). The van der Waals surface area contributed by atoms with Crippen molar-refractivity contribution < 1.29 is 17.9 Å². The third-order valence-electron chi connectivity index (χ3n) is 4.88. The Morgan fingerprint density at radius 1 is 1.10 bits per heavy atom. The first-order chi connectivity index (χ1) is 14.0. The SMILES string of the molecule is COc1ccc(S(=O)(=O)N2CCCCCC2)cc1NC(=O)c1cccc(C#N)c1. The molecule has 29 heavy (non-hydrogen) atoms. The van der Waals surface area contributed by atoms with Crippen molar-refractivity contribution in [1.82, 2.24) is 4.31 Å². The summed E-state index contributed by atoms with van der Waals surface area (Å²) in [4.78, 5) is 12.7. The van der Waals surface area contributed by atoms with Gasteiger partial charge in [-0.3, -0.25) is 4.79 Å². The van der Waals surface area contributed by atoms with Gasteiger partial charge in [-0.1, -0.05) is 18.9 Å². The molecule has 0 aromatic heterocycles. The monoisotopic (exact) mass is 413 g/mol. The molecule has 1 N–H and O–H groups in total. The zero-order valence-corrected chi connectivity index (χ0v) is 17.0. The minimum absolute atomic E-state index is 0.112. The normalized spacial score (nSPS) is 15.2. The maximum Gasteiger partial charge on any atom is 0.255 e. The Labute approximate surface area is 171 Å². The third kappa shape index (κ3) is 4.75. The molecule has 0 atom stereocenters. The fourth-order valence-corrected chi connectivity index (χ4v) is 4.84. The number of carbonyl (C=O) groups excluding carboxylic acids is 1. The molecule has 1 aliphatic heterocycles. The Morgan fingerprint density at radius 3 is 2.48 bits per heavy atom. The fraction of sp³-hybridized carbons (Fsp3) is 0.333. The van der Waals surface area contributed by atoms with Gasteiger partial charge in [0, 0.05) is 18.7 Å². The van der Waals surface area contributed by atoms with Crippen molar-refractivity contribution in [2.75, 3.05) is 25.5 Å². The van der Waals surface area contributed by atoms with Crippen LogP contribution >= 0.6 is 0 Å². The minimum atomic E-state index is -3.66. The number of methoxy groups -OCH3 is 1. The summed E-state index contributed by atoms with van der Waals surface area (Å²) in [5.41, 5.74) is 0.921. The first-order valence-electron chi connectivity index (χ1n) is 9.45. The van der Waals surface area contributed by atoms with Gasteiger partial charge in [0.1, 0.15) is 5.75 Å². The highest BCUT2D eigenvalue weighted by atomic mass is 32.2. The summed E-state index contributed by atoms with van der Waals surface area (Å²) in [5.74, 6) is -0.102. The number of nitrogens with one attached hydrogen (secondary N) is 1. The number of hydrogen-bond acceptors (Lipinski definition) is 5. The third-order valence-corrected chi connectivity index (χ3v) is 6.77. The molecular weight excluding hydrogens is 390 g/mol. The van der Waals surface area contributed by atoms with Gasteiger partial charge in [-0.25, -0.2) is 8.42 Å². The van der Waals surface area contributed by atoms with Gasteiger partial charge in [0.2, 0.25) is 10.0 Å². The van der Waals surface area contributed by atoms with Crippen LogP contribution < -0.4 is 10.1 Å². The molecule has 0 unspecified atom stereocenters. The summed E-state index contributed by atoms with van der Waals surface area (Å²) in [6.07, 6.45) is 3.73.